The van der Waals surface area contributed by atoms with E-state index in [1.54, 1.807) is 0 Å². The van der Waals surface area contributed by atoms with Crippen molar-refractivity contribution < 1.29 is 4.42 Å². The van der Waals surface area contributed by atoms with Crippen molar-refractivity contribution in [3.8, 4) is 0 Å². The smallest absolute Gasteiger partial charge is 0.408 e. The van der Waals surface area contributed by atoms with Gasteiger partial charge in [-0.15, -0.1) is 0 Å². The van der Waals surface area contributed by atoms with E-state index in [4.69, 9.17) is 4.42 Å². The van der Waals surface area contributed by atoms with E-state index in [1.165, 1.54) is 0 Å². The summed E-state index contributed by atoms with van der Waals surface area (Å²) in [4.78, 5) is 13.6. The highest BCUT2D eigenvalue weighted by atomic mass is 32.1. The third-order valence-electron chi connectivity index (χ3n) is 2.38. The van der Waals surface area contributed by atoms with Crippen LogP contribution in [0.3, 0.4) is 0 Å². The van der Waals surface area contributed by atoms with Crippen molar-refractivity contribution in [1.82, 2.24) is 10.3 Å². The lowest BCUT2D eigenvalue weighted by molar-refractivity contribution is 0.554. The van der Waals surface area contributed by atoms with Gasteiger partial charge >= 0.3 is 5.76 Å². The van der Waals surface area contributed by atoms with Crippen LogP contribution in [0.5, 0.6) is 0 Å². The van der Waals surface area contributed by atoms with E-state index in [9.17, 15) is 4.79 Å². The summed E-state index contributed by atoms with van der Waals surface area (Å²) in [5.41, 5.74) is 2.36. The monoisotopic (exact) mass is 224 g/mol. The van der Waals surface area contributed by atoms with Crippen LogP contribution in [0.4, 0.5) is 0 Å². The number of hydrogen-bond acceptors (Lipinski definition) is 4. The van der Waals surface area contributed by atoms with E-state index in [0.717, 1.165) is 11.1 Å². The molecule has 0 fully saturated rings. The van der Waals surface area contributed by atoms with Crippen LogP contribution in [0.15, 0.2) is 27.4 Å². The van der Waals surface area contributed by atoms with E-state index in [2.05, 4.69) is 22.9 Å². The maximum atomic E-state index is 11.0. The lowest BCUT2D eigenvalue weighted by atomic mass is 10.1. The molecule has 0 spiro atoms. The number of thiol groups is 1. The second kappa shape index (κ2) is 4.12. The molecule has 0 bridgehead atoms. The highest BCUT2D eigenvalue weighted by Gasteiger charge is 2.09. The van der Waals surface area contributed by atoms with Crippen LogP contribution in [0.1, 0.15) is 11.6 Å². The molecule has 2 aromatic rings. The second-order valence-corrected chi connectivity index (χ2v) is 3.66. The molecular weight excluding hydrogens is 212 g/mol. The first-order valence-electron chi connectivity index (χ1n) is 4.65. The van der Waals surface area contributed by atoms with Crippen molar-refractivity contribution in [1.29, 1.82) is 0 Å². The maximum Gasteiger partial charge on any atom is 0.417 e. The maximum absolute atomic E-state index is 11.0. The normalized spacial score (nSPS) is 13.2. The minimum Gasteiger partial charge on any atom is -0.408 e. The van der Waals surface area contributed by atoms with Crippen molar-refractivity contribution in [3.05, 3.63) is 34.3 Å². The second-order valence-electron chi connectivity index (χ2n) is 3.29. The predicted molar refractivity (Wildman–Crippen MR) is 62.5 cm³/mol. The molecular formula is C10H12N2O2S. The van der Waals surface area contributed by atoms with Crippen molar-refractivity contribution in [2.45, 2.75) is 6.04 Å². The number of fused-ring (bicyclic) bond motifs is 1. The fraction of sp³-hybridized carbons (Fsp3) is 0.300. The minimum absolute atomic E-state index is 0.165. The lowest BCUT2D eigenvalue weighted by Crippen LogP contribution is -2.17. The van der Waals surface area contributed by atoms with Gasteiger partial charge in [0.15, 0.2) is 5.58 Å². The molecule has 1 aromatic carbocycles. The highest BCUT2D eigenvalue weighted by molar-refractivity contribution is 7.80. The Morgan fingerprint density at radius 3 is 3.07 bits per heavy atom. The van der Waals surface area contributed by atoms with Gasteiger partial charge in [0.05, 0.1) is 5.52 Å². The molecule has 0 saturated carbocycles. The Bertz CT molecular complexity index is 513. The quantitative estimate of drug-likeness (QED) is 0.689. The largest absolute Gasteiger partial charge is 0.417 e. The summed E-state index contributed by atoms with van der Waals surface area (Å²) in [7, 11) is 1.87. The third kappa shape index (κ3) is 1.93. The summed E-state index contributed by atoms with van der Waals surface area (Å²) in [6.07, 6.45) is 0. The molecule has 80 valence electrons. The number of aromatic amines is 1. The molecule has 1 atom stereocenters. The summed E-state index contributed by atoms with van der Waals surface area (Å²) in [5.74, 6) is 0.269. The van der Waals surface area contributed by atoms with Crippen LogP contribution in [-0.4, -0.2) is 17.8 Å². The summed E-state index contributed by atoms with van der Waals surface area (Å²) < 4.78 is 4.98. The molecule has 2 rings (SSSR count). The van der Waals surface area contributed by atoms with Gasteiger partial charge in [-0.05, 0) is 24.7 Å². The van der Waals surface area contributed by atoms with Crippen LogP contribution >= 0.6 is 12.6 Å². The van der Waals surface area contributed by atoms with Gasteiger partial charge in [-0.2, -0.15) is 12.6 Å². The average Bonchev–Trinajstić information content (AvgIpc) is 2.59. The van der Waals surface area contributed by atoms with Crippen LogP contribution in [-0.2, 0) is 0 Å². The molecule has 0 aliphatic rings. The number of rotatable bonds is 3. The Hall–Kier alpha value is -1.20. The highest BCUT2D eigenvalue weighted by Crippen LogP contribution is 2.18. The number of hydrogen-bond donors (Lipinski definition) is 3. The summed E-state index contributed by atoms with van der Waals surface area (Å²) in [6.45, 7) is 0. The molecule has 0 saturated heterocycles. The van der Waals surface area contributed by atoms with Crippen molar-refractivity contribution >= 4 is 23.7 Å². The molecule has 4 nitrogen and oxygen atoms in total. The Morgan fingerprint density at radius 2 is 2.40 bits per heavy atom. The number of oxazole rings is 1. The third-order valence-corrected chi connectivity index (χ3v) is 2.74. The molecule has 0 amide bonds. The molecule has 5 heteroatoms. The summed E-state index contributed by atoms with van der Waals surface area (Å²) in [5, 5.41) is 3.13. The first-order valence-corrected chi connectivity index (χ1v) is 5.28. The van der Waals surface area contributed by atoms with Gasteiger partial charge in [0.1, 0.15) is 0 Å². The molecule has 0 aliphatic carbocycles. The van der Waals surface area contributed by atoms with Gasteiger partial charge in [-0.3, -0.25) is 4.98 Å². The number of nitrogens with one attached hydrogen (secondary N) is 2. The van der Waals surface area contributed by atoms with Crippen LogP contribution in [0, 0.1) is 0 Å². The van der Waals surface area contributed by atoms with Gasteiger partial charge in [0, 0.05) is 11.8 Å². The number of aromatic nitrogens is 1. The van der Waals surface area contributed by atoms with E-state index in [0.29, 0.717) is 11.3 Å². The van der Waals surface area contributed by atoms with E-state index < -0.39 is 5.76 Å². The molecule has 15 heavy (non-hydrogen) atoms. The first-order chi connectivity index (χ1) is 7.24. The van der Waals surface area contributed by atoms with E-state index in [1.807, 2.05) is 25.2 Å². The minimum atomic E-state index is -0.422. The lowest BCUT2D eigenvalue weighted by Gasteiger charge is -2.12. The van der Waals surface area contributed by atoms with Gasteiger partial charge in [0.25, 0.3) is 0 Å². The van der Waals surface area contributed by atoms with Gasteiger partial charge < -0.3 is 9.73 Å². The van der Waals surface area contributed by atoms with Crippen molar-refractivity contribution in [2.24, 2.45) is 0 Å². The summed E-state index contributed by atoms with van der Waals surface area (Å²) in [6, 6.07) is 5.80. The van der Waals surface area contributed by atoms with Crippen LogP contribution in [0.25, 0.3) is 11.1 Å². The van der Waals surface area contributed by atoms with Gasteiger partial charge in [-0.1, -0.05) is 6.07 Å². The van der Waals surface area contributed by atoms with Crippen LogP contribution < -0.4 is 11.1 Å². The molecule has 1 heterocycles. The zero-order chi connectivity index (χ0) is 10.8. The Labute approximate surface area is 92.1 Å². The Morgan fingerprint density at radius 1 is 1.60 bits per heavy atom. The Balaban J connectivity index is 2.49. The fourth-order valence-corrected chi connectivity index (χ4v) is 1.94. The summed E-state index contributed by atoms with van der Waals surface area (Å²) >= 11 is 4.24. The standard InChI is InChI=1S/C10H12N2O2S/c1-11-8(5-15)6-2-3-7-9(4-6)14-10(13)12-7/h2-4,8,11,15H,5H2,1H3,(H,12,13). The zero-order valence-electron chi connectivity index (χ0n) is 8.28. The van der Waals surface area contributed by atoms with Gasteiger partial charge in [0.2, 0.25) is 0 Å². The van der Waals surface area contributed by atoms with E-state index in [-0.39, 0.29) is 6.04 Å². The van der Waals surface area contributed by atoms with Crippen molar-refractivity contribution in [3.63, 3.8) is 0 Å². The fourth-order valence-electron chi connectivity index (χ4n) is 1.54. The van der Waals surface area contributed by atoms with Crippen LogP contribution in [0.2, 0.25) is 0 Å². The number of benzene rings is 1. The Kier molecular flexibility index (Phi) is 2.83. The molecule has 0 aliphatic heterocycles. The van der Waals surface area contributed by atoms with Crippen molar-refractivity contribution in [2.75, 3.05) is 12.8 Å². The molecule has 1 aromatic heterocycles. The van der Waals surface area contributed by atoms with E-state index >= 15 is 0 Å². The zero-order valence-corrected chi connectivity index (χ0v) is 9.17. The van der Waals surface area contributed by atoms with Gasteiger partial charge in [-0.25, -0.2) is 4.79 Å². The SMILES string of the molecule is CNC(CS)c1ccc2[nH]c(=O)oc2c1. The molecule has 0 radical (unpaired) electrons. The molecule has 1 unspecified atom stereocenters. The topological polar surface area (TPSA) is 58.0 Å². The predicted octanol–water partition coefficient (Wildman–Crippen LogP) is 1.31. The first kappa shape index (κ1) is 10.3. The average molecular weight is 224 g/mol. The number of H-pyrrole nitrogens is 1. The molecule has 2 N–H and O–H groups in total.